The molecule has 2 aliphatic rings. The Bertz CT molecular complexity index is 866. The van der Waals surface area contributed by atoms with Crippen LogP contribution < -0.4 is 15.4 Å². The first-order valence-corrected chi connectivity index (χ1v) is 11.7. The summed E-state index contributed by atoms with van der Waals surface area (Å²) in [6, 6.07) is 12.4. The molecule has 33 heavy (non-hydrogen) atoms. The summed E-state index contributed by atoms with van der Waals surface area (Å²) in [4.78, 5) is 7.36. The number of fused-ring (bicyclic) bond motifs is 1. The molecule has 1 atom stereocenters. The molecule has 4 rings (SSSR count). The third-order valence-corrected chi connectivity index (χ3v) is 5.94. The van der Waals surface area contributed by atoms with Gasteiger partial charge in [-0.1, -0.05) is 18.2 Å². The molecular formula is C25H37IN4O3. The SMILES string of the molecule is CC1(C)CC(NC(=NCCCN2CCOCC2)NCCc2ccco2)c2ccccc2O1.I. The normalized spacial score (nSPS) is 20.3. The summed E-state index contributed by atoms with van der Waals surface area (Å²) in [7, 11) is 0. The highest BCUT2D eigenvalue weighted by atomic mass is 127. The smallest absolute Gasteiger partial charge is 0.191 e. The van der Waals surface area contributed by atoms with Crippen LogP contribution >= 0.6 is 24.0 Å². The maximum Gasteiger partial charge on any atom is 0.191 e. The van der Waals surface area contributed by atoms with E-state index in [0.29, 0.717) is 0 Å². The molecule has 0 spiro atoms. The molecule has 0 aliphatic carbocycles. The van der Waals surface area contributed by atoms with Crippen molar-refractivity contribution in [3.63, 3.8) is 0 Å². The molecular weight excluding hydrogens is 531 g/mol. The van der Waals surface area contributed by atoms with Crippen LogP contribution in [0.15, 0.2) is 52.1 Å². The summed E-state index contributed by atoms with van der Waals surface area (Å²) in [5.41, 5.74) is 0.947. The van der Waals surface area contributed by atoms with Crippen LogP contribution in [0, 0.1) is 0 Å². The van der Waals surface area contributed by atoms with Gasteiger partial charge in [-0.15, -0.1) is 24.0 Å². The first-order chi connectivity index (χ1) is 15.6. The fraction of sp³-hybridized carbons (Fsp3) is 0.560. The summed E-state index contributed by atoms with van der Waals surface area (Å²) in [6.45, 7) is 10.6. The van der Waals surface area contributed by atoms with Crippen molar-refractivity contribution in [2.24, 2.45) is 4.99 Å². The molecule has 1 aromatic heterocycles. The van der Waals surface area contributed by atoms with Crippen LogP contribution in [0.3, 0.4) is 0 Å². The van der Waals surface area contributed by atoms with E-state index < -0.39 is 0 Å². The number of hydrogen-bond acceptors (Lipinski definition) is 5. The number of halogens is 1. The molecule has 2 aromatic rings. The van der Waals surface area contributed by atoms with Crippen LogP contribution in [0.1, 0.15) is 44.1 Å². The molecule has 1 saturated heterocycles. The number of para-hydroxylation sites is 1. The Hall–Kier alpha value is -1.78. The second-order valence-electron chi connectivity index (χ2n) is 9.09. The third-order valence-electron chi connectivity index (χ3n) is 5.94. The number of furan rings is 1. The summed E-state index contributed by atoms with van der Waals surface area (Å²) in [6.07, 6.45) is 4.43. The third kappa shape index (κ3) is 7.89. The van der Waals surface area contributed by atoms with Crippen molar-refractivity contribution in [1.82, 2.24) is 15.5 Å². The van der Waals surface area contributed by atoms with Gasteiger partial charge >= 0.3 is 0 Å². The maximum absolute atomic E-state index is 6.20. The van der Waals surface area contributed by atoms with E-state index in [4.69, 9.17) is 18.9 Å². The second kappa shape index (κ2) is 12.6. The number of guanidine groups is 1. The van der Waals surface area contributed by atoms with Crippen molar-refractivity contribution >= 4 is 29.9 Å². The highest BCUT2D eigenvalue weighted by Crippen LogP contribution is 2.39. The van der Waals surface area contributed by atoms with E-state index in [1.165, 1.54) is 5.56 Å². The lowest BCUT2D eigenvalue weighted by Gasteiger charge is -2.38. The molecule has 2 aliphatic heterocycles. The molecule has 0 saturated carbocycles. The number of ether oxygens (including phenoxy) is 2. The van der Waals surface area contributed by atoms with Crippen LogP contribution in [0.25, 0.3) is 0 Å². The quantitative estimate of drug-likeness (QED) is 0.217. The molecule has 1 unspecified atom stereocenters. The van der Waals surface area contributed by atoms with E-state index in [2.05, 4.69) is 47.6 Å². The molecule has 1 aromatic carbocycles. The van der Waals surface area contributed by atoms with E-state index >= 15 is 0 Å². The van der Waals surface area contributed by atoms with Gasteiger partial charge in [0, 0.05) is 51.1 Å². The van der Waals surface area contributed by atoms with E-state index in [1.807, 2.05) is 18.2 Å². The lowest BCUT2D eigenvalue weighted by Crippen LogP contribution is -2.46. The number of nitrogens with one attached hydrogen (secondary N) is 2. The first kappa shape index (κ1) is 25.8. The molecule has 3 heterocycles. The predicted octanol–water partition coefficient (Wildman–Crippen LogP) is 4.00. The van der Waals surface area contributed by atoms with Crippen LogP contribution in [-0.2, 0) is 11.2 Å². The van der Waals surface area contributed by atoms with Crippen LogP contribution in [0.4, 0.5) is 0 Å². The Balaban J connectivity index is 0.00000306. The molecule has 1 fully saturated rings. The number of benzene rings is 1. The zero-order valence-corrected chi connectivity index (χ0v) is 22.0. The second-order valence-corrected chi connectivity index (χ2v) is 9.09. The minimum Gasteiger partial charge on any atom is -0.487 e. The molecule has 0 bridgehead atoms. The van der Waals surface area contributed by atoms with Crippen molar-refractivity contribution in [2.45, 2.75) is 44.8 Å². The Morgan fingerprint density at radius 3 is 2.76 bits per heavy atom. The Labute approximate surface area is 214 Å². The summed E-state index contributed by atoms with van der Waals surface area (Å²) < 4.78 is 17.1. The van der Waals surface area contributed by atoms with Gasteiger partial charge in [-0.3, -0.25) is 9.89 Å². The Morgan fingerprint density at radius 1 is 1.15 bits per heavy atom. The van der Waals surface area contributed by atoms with E-state index in [-0.39, 0.29) is 35.6 Å². The number of aliphatic imine (C=N–C) groups is 1. The van der Waals surface area contributed by atoms with Gasteiger partial charge in [0.1, 0.15) is 17.1 Å². The Morgan fingerprint density at radius 2 is 1.97 bits per heavy atom. The minimum atomic E-state index is -0.234. The van der Waals surface area contributed by atoms with Crippen molar-refractivity contribution in [2.75, 3.05) is 45.9 Å². The van der Waals surface area contributed by atoms with Gasteiger partial charge in [-0.25, -0.2) is 0 Å². The number of hydrogen-bond donors (Lipinski definition) is 2. The monoisotopic (exact) mass is 568 g/mol. The molecule has 0 radical (unpaired) electrons. The number of morpholine rings is 1. The fourth-order valence-corrected chi connectivity index (χ4v) is 4.32. The Kier molecular flexibility index (Phi) is 9.88. The molecule has 2 N–H and O–H groups in total. The van der Waals surface area contributed by atoms with Crippen LogP contribution in [0.2, 0.25) is 0 Å². The minimum absolute atomic E-state index is 0. The zero-order chi connectivity index (χ0) is 22.2. The van der Waals surface area contributed by atoms with Gasteiger partial charge < -0.3 is 24.5 Å². The fourth-order valence-electron chi connectivity index (χ4n) is 4.32. The average Bonchev–Trinajstić information content (AvgIpc) is 3.30. The molecule has 7 nitrogen and oxygen atoms in total. The lowest BCUT2D eigenvalue weighted by atomic mass is 9.90. The topological polar surface area (TPSA) is 71.3 Å². The standard InChI is InChI=1S/C25H36N4O3.HI/c1-25(2)19-22(21-8-3-4-9-23(21)32-25)28-24(27-12-10-20-7-5-16-31-20)26-11-6-13-29-14-17-30-18-15-29;/h3-5,7-9,16,22H,6,10-15,17-19H2,1-2H3,(H2,26,27,28);1H. The lowest BCUT2D eigenvalue weighted by molar-refractivity contribution is 0.0377. The van der Waals surface area contributed by atoms with E-state index in [0.717, 1.165) is 82.7 Å². The summed E-state index contributed by atoms with van der Waals surface area (Å²) in [5.74, 6) is 2.77. The van der Waals surface area contributed by atoms with Crippen LogP contribution in [-0.4, -0.2) is 62.4 Å². The number of rotatable bonds is 8. The van der Waals surface area contributed by atoms with Gasteiger partial charge in [-0.05, 0) is 38.5 Å². The van der Waals surface area contributed by atoms with Crippen LogP contribution in [0.5, 0.6) is 5.75 Å². The zero-order valence-electron chi connectivity index (χ0n) is 19.7. The molecule has 0 amide bonds. The summed E-state index contributed by atoms with van der Waals surface area (Å²) >= 11 is 0. The maximum atomic E-state index is 6.20. The highest BCUT2D eigenvalue weighted by Gasteiger charge is 2.34. The van der Waals surface area contributed by atoms with Gasteiger partial charge in [0.2, 0.25) is 0 Å². The van der Waals surface area contributed by atoms with Gasteiger partial charge in [-0.2, -0.15) is 0 Å². The average molecular weight is 569 g/mol. The molecule has 8 heteroatoms. The predicted molar refractivity (Wildman–Crippen MR) is 142 cm³/mol. The van der Waals surface area contributed by atoms with Gasteiger partial charge in [0.05, 0.1) is 25.5 Å². The summed E-state index contributed by atoms with van der Waals surface area (Å²) in [5, 5.41) is 7.19. The van der Waals surface area contributed by atoms with Crippen molar-refractivity contribution in [3.05, 3.63) is 54.0 Å². The van der Waals surface area contributed by atoms with E-state index in [9.17, 15) is 0 Å². The van der Waals surface area contributed by atoms with Gasteiger partial charge in [0.15, 0.2) is 5.96 Å². The largest absolute Gasteiger partial charge is 0.487 e. The molecule has 182 valence electrons. The first-order valence-electron chi connectivity index (χ1n) is 11.7. The highest BCUT2D eigenvalue weighted by molar-refractivity contribution is 14.0. The van der Waals surface area contributed by atoms with Gasteiger partial charge in [0.25, 0.3) is 0 Å². The van der Waals surface area contributed by atoms with Crippen molar-refractivity contribution < 1.29 is 13.9 Å². The van der Waals surface area contributed by atoms with Crippen molar-refractivity contribution in [3.8, 4) is 5.75 Å². The van der Waals surface area contributed by atoms with E-state index in [1.54, 1.807) is 6.26 Å². The number of nitrogens with zero attached hydrogens (tertiary/aromatic N) is 2. The van der Waals surface area contributed by atoms with Crippen molar-refractivity contribution in [1.29, 1.82) is 0 Å².